The quantitative estimate of drug-likeness (QED) is 0.0200. The van der Waals surface area contributed by atoms with Gasteiger partial charge in [-0.05, 0) is 96.3 Å². The fourth-order valence-corrected chi connectivity index (χ4v) is 10.7. The Hall–Kier alpha value is -4.07. The minimum atomic E-state index is -1.98. The molecular formula is C73H119NO18. The Bertz CT molecular complexity index is 2190. The summed E-state index contributed by atoms with van der Waals surface area (Å²) < 4.78 is 34.3. The molecule has 3 fully saturated rings. The molecule has 0 bridgehead atoms. The monoisotopic (exact) mass is 1300 g/mol. The maximum Gasteiger partial charge on any atom is 0.220 e. The highest BCUT2D eigenvalue weighted by Crippen LogP contribution is 2.33. The molecule has 0 aliphatic carbocycles. The molecule has 3 saturated heterocycles. The molecule has 17 unspecified atom stereocenters. The van der Waals surface area contributed by atoms with Gasteiger partial charge >= 0.3 is 0 Å². The number of carbonyl (C=O) groups excluding carboxylic acids is 1. The SMILES string of the molecule is CC/C=C\C/C=C\C/C=C\C/C=C\C/C=C\C/C=C\C/C=C\C/C=C\C/C=C\C/C=C\C/C=C\CCCCCC(=O)NC(COC1OC(CO)C(OC2OC(CO)C(OC3OC(CO)C(O)C(O)C3O)C(O)C2O)C(O)C1O)C(O)CCCCCCCCCCCC. The van der Waals surface area contributed by atoms with E-state index in [4.69, 9.17) is 28.4 Å². The number of aliphatic hydroxyl groups is 11. The molecule has 0 radical (unpaired) electrons. The van der Waals surface area contributed by atoms with E-state index >= 15 is 0 Å². The van der Waals surface area contributed by atoms with Gasteiger partial charge in [-0.15, -0.1) is 0 Å². The number of unbranched alkanes of at least 4 members (excludes halogenated alkanes) is 12. The van der Waals surface area contributed by atoms with E-state index in [0.29, 0.717) is 19.3 Å². The second-order valence-corrected chi connectivity index (χ2v) is 23.9. The summed E-state index contributed by atoms with van der Waals surface area (Å²) in [7, 11) is 0. The lowest BCUT2D eigenvalue weighted by atomic mass is 9.96. The zero-order chi connectivity index (χ0) is 66.8. The van der Waals surface area contributed by atoms with Crippen LogP contribution in [0.4, 0.5) is 0 Å². The molecular weight excluding hydrogens is 1180 g/mol. The number of ether oxygens (including phenoxy) is 6. The third-order valence-electron chi connectivity index (χ3n) is 16.2. The van der Waals surface area contributed by atoms with Gasteiger partial charge < -0.3 is 89.9 Å². The molecule has 12 N–H and O–H groups in total. The first kappa shape index (κ1) is 82.2. The lowest BCUT2D eigenvalue weighted by molar-refractivity contribution is -0.379. The summed E-state index contributed by atoms with van der Waals surface area (Å²) in [5, 5.41) is 120. The Kier molecular flexibility index (Phi) is 47.4. The fraction of sp³-hybridized carbons (Fsp3) is 0.685. The van der Waals surface area contributed by atoms with Crippen LogP contribution >= 0.6 is 0 Å². The normalized spacial score (nSPS) is 28.6. The Morgan fingerprint density at radius 2 is 0.750 bits per heavy atom. The molecule has 1 amide bonds. The molecule has 17 atom stereocenters. The number of rotatable bonds is 50. The third-order valence-corrected chi connectivity index (χ3v) is 16.2. The number of allylic oxidation sites excluding steroid dienone is 22. The molecule has 0 aromatic heterocycles. The fourth-order valence-electron chi connectivity index (χ4n) is 10.7. The van der Waals surface area contributed by atoms with Crippen LogP contribution in [0.2, 0.25) is 0 Å². The summed E-state index contributed by atoms with van der Waals surface area (Å²) in [4.78, 5) is 13.4. The highest BCUT2D eigenvalue weighted by atomic mass is 16.8. The number of nitrogens with one attached hydrogen (secondary N) is 1. The van der Waals surface area contributed by atoms with Gasteiger partial charge in [-0.3, -0.25) is 4.79 Å². The predicted octanol–water partition coefficient (Wildman–Crippen LogP) is 8.99. The summed E-state index contributed by atoms with van der Waals surface area (Å²) in [5.74, 6) is -0.283. The molecule has 0 aromatic rings. The molecule has 0 spiro atoms. The average Bonchev–Trinajstić information content (AvgIpc) is 0.799. The van der Waals surface area contributed by atoms with Crippen molar-refractivity contribution in [1.82, 2.24) is 5.32 Å². The molecule has 92 heavy (non-hydrogen) atoms. The van der Waals surface area contributed by atoms with Crippen LogP contribution in [-0.2, 0) is 33.2 Å². The third kappa shape index (κ3) is 34.6. The summed E-state index contributed by atoms with van der Waals surface area (Å²) in [6.07, 6.45) is 47.0. The smallest absolute Gasteiger partial charge is 0.220 e. The molecule has 0 aromatic carbocycles. The molecule has 524 valence electrons. The maximum absolute atomic E-state index is 13.4. The summed E-state index contributed by atoms with van der Waals surface area (Å²) in [5.41, 5.74) is 0. The van der Waals surface area contributed by atoms with E-state index in [9.17, 15) is 61.0 Å². The number of aliphatic hydroxyl groups excluding tert-OH is 11. The number of hydrogen-bond acceptors (Lipinski definition) is 18. The van der Waals surface area contributed by atoms with Crippen molar-refractivity contribution < 1.29 is 89.4 Å². The van der Waals surface area contributed by atoms with Gasteiger partial charge in [-0.1, -0.05) is 218 Å². The van der Waals surface area contributed by atoms with Gasteiger partial charge in [-0.25, -0.2) is 0 Å². The van der Waals surface area contributed by atoms with Crippen molar-refractivity contribution in [2.45, 2.75) is 291 Å². The Morgan fingerprint density at radius 1 is 0.402 bits per heavy atom. The minimum Gasteiger partial charge on any atom is -0.394 e. The largest absolute Gasteiger partial charge is 0.394 e. The number of hydrogen-bond donors (Lipinski definition) is 12. The van der Waals surface area contributed by atoms with E-state index in [-0.39, 0.29) is 18.9 Å². The van der Waals surface area contributed by atoms with Crippen LogP contribution in [0.3, 0.4) is 0 Å². The molecule has 19 heteroatoms. The Morgan fingerprint density at radius 3 is 1.16 bits per heavy atom. The van der Waals surface area contributed by atoms with E-state index < -0.39 is 124 Å². The summed E-state index contributed by atoms with van der Waals surface area (Å²) in [6, 6.07) is -0.914. The topological polar surface area (TPSA) is 307 Å². The van der Waals surface area contributed by atoms with Crippen molar-refractivity contribution in [3.05, 3.63) is 134 Å². The zero-order valence-corrected chi connectivity index (χ0v) is 55.2. The summed E-state index contributed by atoms with van der Waals surface area (Å²) >= 11 is 0. The van der Waals surface area contributed by atoms with Crippen LogP contribution < -0.4 is 5.32 Å². The lowest BCUT2D eigenvalue weighted by Gasteiger charge is -2.48. The van der Waals surface area contributed by atoms with Gasteiger partial charge in [0.2, 0.25) is 5.91 Å². The van der Waals surface area contributed by atoms with Gasteiger partial charge in [-0.2, -0.15) is 0 Å². The molecule has 3 aliphatic rings. The zero-order valence-electron chi connectivity index (χ0n) is 55.2. The van der Waals surface area contributed by atoms with E-state index in [1.165, 1.54) is 32.1 Å². The van der Waals surface area contributed by atoms with Crippen molar-refractivity contribution in [2.75, 3.05) is 26.4 Å². The van der Waals surface area contributed by atoms with Crippen molar-refractivity contribution in [1.29, 1.82) is 0 Å². The molecule has 3 heterocycles. The Labute approximate surface area is 550 Å². The van der Waals surface area contributed by atoms with Gasteiger partial charge in [0.15, 0.2) is 18.9 Å². The van der Waals surface area contributed by atoms with Gasteiger partial charge in [0, 0.05) is 6.42 Å². The molecule has 3 aliphatic heterocycles. The maximum atomic E-state index is 13.4. The van der Waals surface area contributed by atoms with Crippen LogP contribution in [0.5, 0.6) is 0 Å². The van der Waals surface area contributed by atoms with E-state index in [1.54, 1.807) is 0 Å². The van der Waals surface area contributed by atoms with Gasteiger partial charge in [0.05, 0.1) is 38.6 Å². The van der Waals surface area contributed by atoms with Gasteiger partial charge in [0.1, 0.15) is 73.2 Å². The first-order valence-electron chi connectivity index (χ1n) is 34.4. The van der Waals surface area contributed by atoms with Crippen LogP contribution in [0, 0.1) is 0 Å². The van der Waals surface area contributed by atoms with E-state index in [0.717, 1.165) is 116 Å². The highest BCUT2D eigenvalue weighted by Gasteiger charge is 2.53. The first-order chi connectivity index (χ1) is 44.8. The molecule has 19 nitrogen and oxygen atoms in total. The van der Waals surface area contributed by atoms with E-state index in [1.807, 2.05) is 0 Å². The van der Waals surface area contributed by atoms with Crippen LogP contribution in [0.25, 0.3) is 0 Å². The minimum absolute atomic E-state index is 0.217. The van der Waals surface area contributed by atoms with Gasteiger partial charge in [0.25, 0.3) is 0 Å². The molecule has 3 rings (SSSR count). The first-order valence-corrected chi connectivity index (χ1v) is 34.4. The standard InChI is InChI=1S/C73H119NO18/c1-3-5-7-9-11-13-15-16-17-18-19-20-21-22-23-24-25-26-27-28-29-30-31-32-33-34-35-36-37-38-39-40-41-43-45-47-49-51-61(79)74-56(57(78)50-48-46-44-42-14-12-10-8-6-4-2)55-87-71-67(85)64(82)69(59(53-76)89-71)92-73-68(86)65(83)70(60(54-77)90-73)91-72-66(84)63(81)62(80)58(52-75)88-72/h5,7,11,13,16-17,19-20,22-23,25-26,28-29,31-32,34-35,37-38,40-41,56-60,62-73,75-78,80-86H,3-4,6,8-10,12,14-15,18,21,24,27,30,33,36,39,42-55H2,1-2H3,(H,74,79)/b7-5-,13-11-,17-16-,20-19-,23-22-,26-25-,29-28-,32-31-,35-34-,38-37-,41-40-. The van der Waals surface area contributed by atoms with E-state index in [2.05, 4.69) is 153 Å². The number of carbonyl (C=O) groups is 1. The van der Waals surface area contributed by atoms with Crippen molar-refractivity contribution in [3.8, 4) is 0 Å². The van der Waals surface area contributed by atoms with Crippen LogP contribution in [-0.4, -0.2) is 193 Å². The highest BCUT2D eigenvalue weighted by molar-refractivity contribution is 5.76. The van der Waals surface area contributed by atoms with Crippen molar-refractivity contribution in [3.63, 3.8) is 0 Å². The van der Waals surface area contributed by atoms with Crippen molar-refractivity contribution >= 4 is 5.91 Å². The second-order valence-electron chi connectivity index (χ2n) is 23.9. The summed E-state index contributed by atoms with van der Waals surface area (Å²) in [6.45, 7) is 1.60. The number of amides is 1. The van der Waals surface area contributed by atoms with Crippen molar-refractivity contribution in [2.24, 2.45) is 0 Å². The Balaban J connectivity index is 1.36. The second kappa shape index (κ2) is 53.1. The lowest BCUT2D eigenvalue weighted by Crippen LogP contribution is -2.66. The van der Waals surface area contributed by atoms with Crippen LogP contribution in [0.15, 0.2) is 134 Å². The van der Waals surface area contributed by atoms with Crippen LogP contribution in [0.1, 0.15) is 187 Å². The molecule has 0 saturated carbocycles. The average molecular weight is 1300 g/mol. The predicted molar refractivity (Wildman–Crippen MR) is 359 cm³/mol.